The molecular formula is C23H17FN2O4. The van der Waals surface area contributed by atoms with E-state index in [-0.39, 0.29) is 35.0 Å². The van der Waals surface area contributed by atoms with Crippen LogP contribution in [0.3, 0.4) is 0 Å². The highest BCUT2D eigenvalue weighted by atomic mass is 19.1. The van der Waals surface area contributed by atoms with Gasteiger partial charge in [0.2, 0.25) is 0 Å². The lowest BCUT2D eigenvalue weighted by Gasteiger charge is -2.10. The monoisotopic (exact) mass is 404 g/mol. The largest absolute Gasteiger partial charge is 0.489 e. The summed E-state index contributed by atoms with van der Waals surface area (Å²) in [7, 11) is 1.40. The first-order valence-electron chi connectivity index (χ1n) is 9.17. The van der Waals surface area contributed by atoms with Crippen LogP contribution in [0.2, 0.25) is 0 Å². The molecule has 0 saturated heterocycles. The van der Waals surface area contributed by atoms with Crippen LogP contribution in [-0.4, -0.2) is 29.7 Å². The van der Waals surface area contributed by atoms with E-state index in [0.717, 1.165) is 10.5 Å². The van der Waals surface area contributed by atoms with E-state index in [2.05, 4.69) is 5.32 Å². The summed E-state index contributed by atoms with van der Waals surface area (Å²) >= 11 is 0. The van der Waals surface area contributed by atoms with E-state index >= 15 is 0 Å². The van der Waals surface area contributed by atoms with Gasteiger partial charge in [-0.25, -0.2) is 4.39 Å². The van der Waals surface area contributed by atoms with Crippen LogP contribution < -0.4 is 10.1 Å². The SMILES string of the molecule is CN1C(=O)c2ccc(C(=O)Nc3cccc(OCc4ccc(F)cc4)c3)cc2C1=O. The number of ether oxygens (including phenoxy) is 1. The molecule has 30 heavy (non-hydrogen) atoms. The quantitative estimate of drug-likeness (QED) is 0.655. The molecule has 0 radical (unpaired) electrons. The van der Waals surface area contributed by atoms with E-state index in [1.54, 1.807) is 36.4 Å². The maximum absolute atomic E-state index is 13.0. The summed E-state index contributed by atoms with van der Waals surface area (Å²) in [6, 6.07) is 17.3. The first-order chi connectivity index (χ1) is 14.4. The number of fused-ring (bicyclic) bond motifs is 1. The van der Waals surface area contributed by atoms with Crippen LogP contribution in [-0.2, 0) is 6.61 Å². The van der Waals surface area contributed by atoms with Crippen LogP contribution in [0.15, 0.2) is 66.7 Å². The first-order valence-corrected chi connectivity index (χ1v) is 9.17. The van der Waals surface area contributed by atoms with Crippen molar-refractivity contribution in [2.45, 2.75) is 6.61 Å². The highest BCUT2D eigenvalue weighted by Gasteiger charge is 2.33. The van der Waals surface area contributed by atoms with Gasteiger partial charge in [-0.05, 0) is 48.0 Å². The van der Waals surface area contributed by atoms with Gasteiger partial charge in [0.15, 0.2) is 0 Å². The molecule has 1 N–H and O–H groups in total. The second-order valence-electron chi connectivity index (χ2n) is 6.83. The Bertz CT molecular complexity index is 1160. The van der Waals surface area contributed by atoms with Gasteiger partial charge in [-0.2, -0.15) is 0 Å². The lowest BCUT2D eigenvalue weighted by atomic mass is 10.1. The maximum Gasteiger partial charge on any atom is 0.261 e. The minimum atomic E-state index is -0.430. The van der Waals surface area contributed by atoms with Crippen molar-refractivity contribution in [3.63, 3.8) is 0 Å². The third-order valence-corrected chi connectivity index (χ3v) is 4.76. The summed E-state index contributed by atoms with van der Waals surface area (Å²) in [5.74, 6) is -1.00. The second-order valence-corrected chi connectivity index (χ2v) is 6.83. The van der Waals surface area contributed by atoms with E-state index in [1.165, 1.54) is 37.4 Å². The molecule has 0 saturated carbocycles. The van der Waals surface area contributed by atoms with E-state index < -0.39 is 11.8 Å². The summed E-state index contributed by atoms with van der Waals surface area (Å²) in [5.41, 5.74) is 2.09. The van der Waals surface area contributed by atoms with Crippen LogP contribution in [0.4, 0.5) is 10.1 Å². The van der Waals surface area contributed by atoms with E-state index in [0.29, 0.717) is 11.4 Å². The van der Waals surface area contributed by atoms with Crippen molar-refractivity contribution < 1.29 is 23.5 Å². The Hall–Kier alpha value is -4.00. The van der Waals surface area contributed by atoms with Crippen molar-refractivity contribution in [2.75, 3.05) is 12.4 Å². The van der Waals surface area contributed by atoms with Crippen molar-refractivity contribution in [1.82, 2.24) is 4.90 Å². The zero-order valence-electron chi connectivity index (χ0n) is 16.0. The molecule has 0 fully saturated rings. The van der Waals surface area contributed by atoms with Crippen LogP contribution in [0.25, 0.3) is 0 Å². The van der Waals surface area contributed by atoms with Crippen LogP contribution >= 0.6 is 0 Å². The molecule has 7 heteroatoms. The molecule has 0 aliphatic carbocycles. The number of carbonyl (C=O) groups excluding carboxylic acids is 3. The van der Waals surface area contributed by atoms with Crippen molar-refractivity contribution in [3.05, 3.63) is 94.8 Å². The molecule has 150 valence electrons. The molecule has 1 aliphatic rings. The number of hydrogen-bond acceptors (Lipinski definition) is 4. The third-order valence-electron chi connectivity index (χ3n) is 4.76. The Morgan fingerprint density at radius 3 is 2.47 bits per heavy atom. The average Bonchev–Trinajstić information content (AvgIpc) is 2.97. The minimum Gasteiger partial charge on any atom is -0.489 e. The fourth-order valence-corrected chi connectivity index (χ4v) is 3.12. The van der Waals surface area contributed by atoms with Crippen LogP contribution in [0.1, 0.15) is 36.6 Å². The van der Waals surface area contributed by atoms with Crippen molar-refractivity contribution >= 4 is 23.4 Å². The zero-order valence-corrected chi connectivity index (χ0v) is 16.0. The van der Waals surface area contributed by atoms with E-state index in [9.17, 15) is 18.8 Å². The molecule has 0 aromatic heterocycles. The molecule has 0 spiro atoms. The Morgan fingerprint density at radius 1 is 0.967 bits per heavy atom. The zero-order chi connectivity index (χ0) is 21.3. The van der Waals surface area contributed by atoms with Crippen molar-refractivity contribution in [3.8, 4) is 5.75 Å². The fraction of sp³-hybridized carbons (Fsp3) is 0.0870. The fourth-order valence-electron chi connectivity index (χ4n) is 3.12. The van der Waals surface area contributed by atoms with Gasteiger partial charge < -0.3 is 10.1 Å². The molecule has 3 aromatic rings. The Morgan fingerprint density at radius 2 is 1.70 bits per heavy atom. The van der Waals surface area contributed by atoms with Gasteiger partial charge in [-0.15, -0.1) is 0 Å². The predicted octanol–water partition coefficient (Wildman–Crippen LogP) is 3.88. The van der Waals surface area contributed by atoms with Crippen molar-refractivity contribution in [2.24, 2.45) is 0 Å². The Balaban J connectivity index is 1.45. The number of benzene rings is 3. The van der Waals surface area contributed by atoms with Gasteiger partial charge in [0, 0.05) is 24.4 Å². The van der Waals surface area contributed by atoms with Crippen molar-refractivity contribution in [1.29, 1.82) is 0 Å². The molecule has 4 rings (SSSR count). The van der Waals surface area contributed by atoms with E-state index in [4.69, 9.17) is 4.74 Å². The summed E-state index contributed by atoms with van der Waals surface area (Å²) in [4.78, 5) is 37.7. The van der Waals surface area contributed by atoms with Gasteiger partial charge in [0.05, 0.1) is 11.1 Å². The number of nitrogens with zero attached hydrogens (tertiary/aromatic N) is 1. The molecule has 1 aliphatic heterocycles. The number of halogens is 1. The topological polar surface area (TPSA) is 75.7 Å². The lowest BCUT2D eigenvalue weighted by Crippen LogP contribution is -2.24. The summed E-state index contributed by atoms with van der Waals surface area (Å²) in [5, 5.41) is 2.75. The lowest BCUT2D eigenvalue weighted by molar-refractivity contribution is 0.0693. The van der Waals surface area contributed by atoms with Gasteiger partial charge in [0.25, 0.3) is 17.7 Å². The molecule has 3 amide bonds. The number of anilines is 1. The predicted molar refractivity (Wildman–Crippen MR) is 108 cm³/mol. The second kappa shape index (κ2) is 7.79. The highest BCUT2D eigenvalue weighted by Crippen LogP contribution is 2.24. The summed E-state index contributed by atoms with van der Waals surface area (Å²) < 4.78 is 18.7. The number of amides is 3. The number of nitrogens with one attached hydrogen (secondary N) is 1. The molecule has 3 aromatic carbocycles. The van der Waals surface area contributed by atoms with Gasteiger partial charge in [-0.3, -0.25) is 19.3 Å². The van der Waals surface area contributed by atoms with Crippen LogP contribution in [0.5, 0.6) is 5.75 Å². The standard InChI is InChI=1S/C23H17FN2O4/c1-26-22(28)19-10-7-15(11-20(19)23(26)29)21(27)25-17-3-2-4-18(12-17)30-13-14-5-8-16(24)9-6-14/h2-12H,13H2,1H3,(H,25,27). The molecular weight excluding hydrogens is 387 g/mol. The summed E-state index contributed by atoms with van der Waals surface area (Å²) in [6.07, 6.45) is 0. The first kappa shape index (κ1) is 19.3. The number of hydrogen-bond donors (Lipinski definition) is 1. The molecule has 0 unspecified atom stereocenters. The smallest absolute Gasteiger partial charge is 0.261 e. The normalized spacial score (nSPS) is 12.7. The number of carbonyl (C=O) groups is 3. The van der Waals surface area contributed by atoms with Gasteiger partial charge in [0.1, 0.15) is 18.2 Å². The minimum absolute atomic E-state index is 0.214. The Labute approximate surface area is 171 Å². The molecule has 1 heterocycles. The maximum atomic E-state index is 13.0. The van der Waals surface area contributed by atoms with Gasteiger partial charge >= 0.3 is 0 Å². The number of imide groups is 1. The highest BCUT2D eigenvalue weighted by molar-refractivity contribution is 6.22. The van der Waals surface area contributed by atoms with E-state index in [1.807, 2.05) is 0 Å². The average molecular weight is 404 g/mol. The molecule has 0 bridgehead atoms. The summed E-state index contributed by atoms with van der Waals surface area (Å²) in [6.45, 7) is 0.256. The Kier molecular flexibility index (Phi) is 5.02. The number of rotatable bonds is 5. The molecule has 0 atom stereocenters. The molecule has 6 nitrogen and oxygen atoms in total. The third kappa shape index (κ3) is 3.77. The van der Waals surface area contributed by atoms with Gasteiger partial charge in [-0.1, -0.05) is 18.2 Å². The van der Waals surface area contributed by atoms with Crippen LogP contribution in [0, 0.1) is 5.82 Å².